The van der Waals surface area contributed by atoms with E-state index in [1.807, 2.05) is 6.92 Å². The van der Waals surface area contributed by atoms with Gasteiger partial charge in [-0.1, -0.05) is 6.92 Å². The van der Waals surface area contributed by atoms with Gasteiger partial charge in [-0.05, 0) is 24.6 Å². The lowest BCUT2D eigenvalue weighted by molar-refractivity contribution is 0.602. The summed E-state index contributed by atoms with van der Waals surface area (Å²) in [5, 5.41) is 8.91. The van der Waals surface area contributed by atoms with Crippen LogP contribution in [0, 0.1) is 23.0 Å². The van der Waals surface area contributed by atoms with Crippen LogP contribution in [0.4, 0.5) is 8.78 Å². The van der Waals surface area contributed by atoms with Gasteiger partial charge in [0.2, 0.25) is 0 Å². The van der Waals surface area contributed by atoms with Crippen LogP contribution in [0.3, 0.4) is 0 Å². The normalized spacial score (nSPS) is 12.1. The van der Waals surface area contributed by atoms with E-state index in [0.717, 1.165) is 18.2 Å². The fraction of sp³-hybridized carbons (Fsp3) is 0.231. The van der Waals surface area contributed by atoms with Gasteiger partial charge in [0.25, 0.3) is 0 Å². The average Bonchev–Trinajstić information content (AvgIpc) is 2.83. The molecule has 0 fully saturated rings. The monoisotopic (exact) mass is 247 g/mol. The molecule has 0 spiro atoms. The Morgan fingerprint density at radius 1 is 1.44 bits per heavy atom. The van der Waals surface area contributed by atoms with Crippen molar-refractivity contribution in [1.82, 2.24) is 9.97 Å². The number of imidazole rings is 1. The third-order valence-corrected chi connectivity index (χ3v) is 2.71. The van der Waals surface area contributed by atoms with Gasteiger partial charge >= 0.3 is 0 Å². The van der Waals surface area contributed by atoms with Gasteiger partial charge in [-0.3, -0.25) is 0 Å². The third-order valence-electron chi connectivity index (χ3n) is 2.71. The molecule has 3 nitrogen and oxygen atoms in total. The summed E-state index contributed by atoms with van der Waals surface area (Å²) in [6.07, 6.45) is 2.02. The Kier molecular flexibility index (Phi) is 3.38. The van der Waals surface area contributed by atoms with Crippen LogP contribution in [0.15, 0.2) is 24.4 Å². The van der Waals surface area contributed by atoms with Gasteiger partial charge in [0.05, 0.1) is 18.0 Å². The molecular formula is C13H11F2N3. The molecule has 1 N–H and O–H groups in total. The number of nitrogens with one attached hydrogen (secondary N) is 1. The van der Waals surface area contributed by atoms with Gasteiger partial charge < -0.3 is 4.98 Å². The van der Waals surface area contributed by atoms with Crippen molar-refractivity contribution in [1.29, 1.82) is 5.26 Å². The Labute approximate surface area is 103 Å². The highest BCUT2D eigenvalue weighted by Crippen LogP contribution is 2.24. The molecule has 5 heteroatoms. The lowest BCUT2D eigenvalue weighted by Crippen LogP contribution is -1.96. The number of nitriles is 1. The number of halogens is 2. The Morgan fingerprint density at radius 2 is 2.22 bits per heavy atom. The summed E-state index contributed by atoms with van der Waals surface area (Å²) in [6.45, 7) is 1.86. The van der Waals surface area contributed by atoms with E-state index in [-0.39, 0.29) is 11.5 Å². The summed E-state index contributed by atoms with van der Waals surface area (Å²) in [7, 11) is 0. The number of aromatic amines is 1. The fourth-order valence-corrected chi connectivity index (χ4v) is 1.70. The Balaban J connectivity index is 2.41. The molecular weight excluding hydrogens is 236 g/mol. The van der Waals surface area contributed by atoms with Crippen LogP contribution in [0.2, 0.25) is 0 Å². The van der Waals surface area contributed by atoms with Crippen molar-refractivity contribution < 1.29 is 8.78 Å². The third kappa shape index (κ3) is 2.23. The molecule has 1 aromatic heterocycles. The molecule has 2 rings (SSSR count). The fourth-order valence-electron chi connectivity index (χ4n) is 1.70. The van der Waals surface area contributed by atoms with Crippen molar-refractivity contribution >= 4 is 0 Å². The summed E-state index contributed by atoms with van der Waals surface area (Å²) in [6, 6.07) is 5.31. The highest BCUT2D eigenvalue weighted by atomic mass is 19.1. The first-order valence-corrected chi connectivity index (χ1v) is 5.55. The van der Waals surface area contributed by atoms with E-state index in [0.29, 0.717) is 17.9 Å². The Hall–Kier alpha value is -2.22. The van der Waals surface area contributed by atoms with Crippen molar-refractivity contribution in [3.05, 3.63) is 41.9 Å². The average molecular weight is 247 g/mol. The molecule has 1 aromatic carbocycles. The lowest BCUT2D eigenvalue weighted by Gasteiger charge is -2.02. The van der Waals surface area contributed by atoms with E-state index >= 15 is 0 Å². The number of aromatic nitrogens is 2. The van der Waals surface area contributed by atoms with Crippen LogP contribution in [-0.2, 0) is 0 Å². The van der Waals surface area contributed by atoms with Crippen molar-refractivity contribution in [3.63, 3.8) is 0 Å². The number of nitrogens with zero attached hydrogens (tertiary/aromatic N) is 2. The predicted octanol–water partition coefficient (Wildman–Crippen LogP) is 3.37. The summed E-state index contributed by atoms with van der Waals surface area (Å²) in [5.74, 6) is -0.944. The number of hydrogen-bond donors (Lipinski definition) is 1. The number of rotatable bonds is 3. The van der Waals surface area contributed by atoms with E-state index in [4.69, 9.17) is 5.26 Å². The molecule has 0 bridgehead atoms. The number of hydrogen-bond acceptors (Lipinski definition) is 2. The van der Waals surface area contributed by atoms with E-state index in [2.05, 4.69) is 16.0 Å². The molecule has 0 aliphatic carbocycles. The Bertz CT molecular complexity index is 599. The van der Waals surface area contributed by atoms with Crippen molar-refractivity contribution in [2.24, 2.45) is 0 Å². The minimum atomic E-state index is -0.531. The maximum Gasteiger partial charge on any atom is 0.132 e. The second-order valence-corrected chi connectivity index (χ2v) is 3.90. The van der Waals surface area contributed by atoms with Crippen LogP contribution in [-0.4, -0.2) is 9.97 Å². The first-order valence-electron chi connectivity index (χ1n) is 5.55. The molecule has 1 atom stereocenters. The topological polar surface area (TPSA) is 52.5 Å². The van der Waals surface area contributed by atoms with Crippen molar-refractivity contribution in [2.75, 3.05) is 0 Å². The molecule has 0 saturated carbocycles. The largest absolute Gasteiger partial charge is 0.341 e. The summed E-state index contributed by atoms with van der Waals surface area (Å²) < 4.78 is 26.6. The standard InChI is InChI=1S/C13H11F2N3/c1-2-8(6-16)13-17-7-12(18-13)10-5-9(14)3-4-11(10)15/h3-5,7-8H,2H2,1H3,(H,17,18). The minimum absolute atomic E-state index is 0.113. The van der Waals surface area contributed by atoms with Crippen LogP contribution >= 0.6 is 0 Å². The quantitative estimate of drug-likeness (QED) is 0.904. The van der Waals surface area contributed by atoms with E-state index in [9.17, 15) is 8.78 Å². The molecule has 18 heavy (non-hydrogen) atoms. The van der Waals surface area contributed by atoms with Crippen LogP contribution in [0.1, 0.15) is 25.1 Å². The smallest absolute Gasteiger partial charge is 0.132 e. The molecule has 2 aromatic rings. The lowest BCUT2D eigenvalue weighted by atomic mass is 10.1. The molecule has 1 unspecified atom stereocenters. The predicted molar refractivity (Wildman–Crippen MR) is 62.6 cm³/mol. The highest BCUT2D eigenvalue weighted by Gasteiger charge is 2.14. The van der Waals surface area contributed by atoms with Gasteiger partial charge in [-0.2, -0.15) is 5.26 Å². The Morgan fingerprint density at radius 3 is 2.89 bits per heavy atom. The highest BCUT2D eigenvalue weighted by molar-refractivity contribution is 5.59. The maximum atomic E-state index is 13.6. The molecule has 1 heterocycles. The molecule has 92 valence electrons. The minimum Gasteiger partial charge on any atom is -0.341 e. The molecule has 0 aliphatic rings. The maximum absolute atomic E-state index is 13.6. The molecule has 0 aliphatic heterocycles. The van der Waals surface area contributed by atoms with Crippen LogP contribution < -0.4 is 0 Å². The number of benzene rings is 1. The van der Waals surface area contributed by atoms with Crippen molar-refractivity contribution in [2.45, 2.75) is 19.3 Å². The first kappa shape index (κ1) is 12.2. The van der Waals surface area contributed by atoms with E-state index < -0.39 is 11.6 Å². The van der Waals surface area contributed by atoms with Crippen LogP contribution in [0.5, 0.6) is 0 Å². The number of H-pyrrole nitrogens is 1. The summed E-state index contributed by atoms with van der Waals surface area (Å²) in [4.78, 5) is 6.90. The second-order valence-electron chi connectivity index (χ2n) is 3.90. The van der Waals surface area contributed by atoms with Gasteiger partial charge in [-0.25, -0.2) is 13.8 Å². The van der Waals surface area contributed by atoms with Gasteiger partial charge in [0.1, 0.15) is 23.4 Å². The van der Waals surface area contributed by atoms with Crippen molar-refractivity contribution in [3.8, 4) is 17.3 Å². The zero-order valence-corrected chi connectivity index (χ0v) is 9.74. The van der Waals surface area contributed by atoms with Crippen LogP contribution in [0.25, 0.3) is 11.3 Å². The summed E-state index contributed by atoms with van der Waals surface area (Å²) >= 11 is 0. The molecule has 0 amide bonds. The first-order chi connectivity index (χ1) is 8.65. The zero-order chi connectivity index (χ0) is 13.1. The van der Waals surface area contributed by atoms with E-state index in [1.54, 1.807) is 0 Å². The molecule has 0 radical (unpaired) electrons. The second kappa shape index (κ2) is 4.96. The van der Waals surface area contributed by atoms with Gasteiger partial charge in [0.15, 0.2) is 0 Å². The zero-order valence-electron chi connectivity index (χ0n) is 9.74. The van der Waals surface area contributed by atoms with E-state index in [1.165, 1.54) is 6.20 Å². The SMILES string of the molecule is CCC(C#N)c1ncc(-c2cc(F)ccc2F)[nH]1. The molecule has 0 saturated heterocycles. The summed E-state index contributed by atoms with van der Waals surface area (Å²) in [5.41, 5.74) is 0.484. The van der Waals surface area contributed by atoms with Gasteiger partial charge in [-0.15, -0.1) is 0 Å². The van der Waals surface area contributed by atoms with Gasteiger partial charge in [0, 0.05) is 5.56 Å².